The molecule has 0 amide bonds. The predicted molar refractivity (Wildman–Crippen MR) is 272 cm³/mol. The van der Waals surface area contributed by atoms with E-state index in [0.29, 0.717) is 5.56 Å². The number of hydrogen-bond donors (Lipinski definition) is 0. The summed E-state index contributed by atoms with van der Waals surface area (Å²) in [6, 6.07) is 87.3. The van der Waals surface area contributed by atoms with E-state index in [1.54, 1.807) is 6.20 Å². The van der Waals surface area contributed by atoms with E-state index in [-0.39, 0.29) is 0 Å². The molecule has 66 heavy (non-hydrogen) atoms. The van der Waals surface area contributed by atoms with Gasteiger partial charge in [0.05, 0.1) is 22.4 Å². The zero-order chi connectivity index (χ0) is 43.8. The maximum Gasteiger partial charge on any atom is 0.184 e. The van der Waals surface area contributed by atoms with Gasteiger partial charge in [0.2, 0.25) is 0 Å². The largest absolute Gasteiger partial charge is 0.311 e. The summed E-state index contributed by atoms with van der Waals surface area (Å²) in [6.45, 7) is 0. The third-order valence-electron chi connectivity index (χ3n) is 14.3. The molecule has 10 aromatic rings. The topological polar surface area (TPSA) is 43.2 Å². The minimum Gasteiger partial charge on any atom is -0.311 e. The van der Waals surface area contributed by atoms with Crippen LogP contribution in [0.4, 0.5) is 34.1 Å². The molecule has 2 spiro atoms. The molecule has 0 saturated heterocycles. The molecule has 308 valence electrons. The molecular weight excluding hydrogens is 817 g/mol. The van der Waals surface area contributed by atoms with E-state index in [0.717, 1.165) is 45.0 Å². The lowest BCUT2D eigenvalue weighted by atomic mass is 9.62. The lowest BCUT2D eigenvalue weighted by molar-refractivity contribution is 0.736. The van der Waals surface area contributed by atoms with E-state index in [2.05, 4.69) is 221 Å². The number of pyridine rings is 1. The molecule has 0 saturated carbocycles. The Morgan fingerprint density at radius 2 is 0.742 bits per heavy atom. The van der Waals surface area contributed by atoms with Crippen molar-refractivity contribution in [3.05, 3.63) is 271 Å². The molecule has 3 aliphatic rings. The van der Waals surface area contributed by atoms with Gasteiger partial charge in [-0.05, 0) is 103 Å². The Hall–Kier alpha value is -8.56. The summed E-state index contributed by atoms with van der Waals surface area (Å²) in [5.41, 5.74) is 15.6. The van der Waals surface area contributed by atoms with Crippen molar-refractivity contribution in [3.8, 4) is 28.3 Å². The van der Waals surface area contributed by atoms with E-state index in [1.807, 2.05) is 36.5 Å². The summed E-state index contributed by atoms with van der Waals surface area (Å²) in [7, 11) is -3.02. The lowest BCUT2D eigenvalue weighted by Gasteiger charge is -2.55. The number of anilines is 6. The van der Waals surface area contributed by atoms with Gasteiger partial charge < -0.3 is 9.80 Å². The smallest absolute Gasteiger partial charge is 0.184 e. The molecule has 0 unspecified atom stereocenters. The van der Waals surface area contributed by atoms with E-state index < -0.39 is 13.5 Å². The molecule has 0 fully saturated rings. The third-order valence-corrected chi connectivity index (χ3v) is 19.2. The van der Waals surface area contributed by atoms with Crippen LogP contribution in [0.1, 0.15) is 27.8 Å². The first-order valence-corrected chi connectivity index (χ1v) is 24.5. The van der Waals surface area contributed by atoms with Gasteiger partial charge in [-0.1, -0.05) is 182 Å². The van der Waals surface area contributed by atoms with Gasteiger partial charge in [-0.15, -0.1) is 0 Å². The molecule has 0 aliphatic carbocycles. The van der Waals surface area contributed by atoms with Crippen LogP contribution in [0.15, 0.2) is 243 Å². The summed E-state index contributed by atoms with van der Waals surface area (Å²) < 4.78 is 0. The summed E-state index contributed by atoms with van der Waals surface area (Å²) in [5, 5.41) is 16.1. The molecule has 13 rings (SSSR count). The average molecular weight is 857 g/mol. The second kappa shape index (κ2) is 14.8. The molecule has 0 radical (unpaired) electrons. The molecular formula is C61H40N4Si. The number of benzene rings is 9. The Morgan fingerprint density at radius 1 is 0.364 bits per heavy atom. The fourth-order valence-electron chi connectivity index (χ4n) is 11.8. The summed E-state index contributed by atoms with van der Waals surface area (Å²) in [6.07, 6.45) is 3.60. The van der Waals surface area contributed by atoms with E-state index in [1.165, 1.54) is 54.4 Å². The van der Waals surface area contributed by atoms with Crippen LogP contribution in [0.25, 0.3) is 22.3 Å². The highest BCUT2D eigenvalue weighted by Gasteiger charge is 2.60. The highest BCUT2D eigenvalue weighted by molar-refractivity contribution is 7.22. The Labute approximate surface area is 385 Å². The van der Waals surface area contributed by atoms with Gasteiger partial charge in [0, 0.05) is 46.3 Å². The highest BCUT2D eigenvalue weighted by Crippen LogP contribution is 2.59. The fraction of sp³-hybridized carbons (Fsp3) is 0.0164. The molecule has 4 nitrogen and oxygen atoms in total. The first-order valence-electron chi connectivity index (χ1n) is 22.5. The van der Waals surface area contributed by atoms with Crippen LogP contribution in [0.3, 0.4) is 0 Å². The van der Waals surface area contributed by atoms with Crippen molar-refractivity contribution in [1.29, 1.82) is 5.26 Å². The average Bonchev–Trinajstić information content (AvgIpc) is 3.40. The van der Waals surface area contributed by atoms with Gasteiger partial charge in [0.15, 0.2) is 8.07 Å². The van der Waals surface area contributed by atoms with Gasteiger partial charge >= 0.3 is 0 Å². The monoisotopic (exact) mass is 856 g/mol. The summed E-state index contributed by atoms with van der Waals surface area (Å²) in [5.74, 6) is 0. The van der Waals surface area contributed by atoms with Crippen LogP contribution in [-0.2, 0) is 5.41 Å². The normalized spacial score (nSPS) is 14.2. The SMILES string of the molecule is N#Cc1c(-c2ccccc2)cncc1-c1ccc(N2c3ccccc3C3(c4ccccc42)c2ccccc2[Si]2(c4ccccc4N(c4ccccc4)c4ccccc42)c2ccccc23)cc1. The molecule has 5 heteroatoms. The maximum absolute atomic E-state index is 10.5. The number of para-hydroxylation sites is 5. The maximum atomic E-state index is 10.5. The standard InChI is InChI=1S/C61H40N4Si/c62-39-46-47(42-19-3-1-4-20-42)40-63-41-48(46)43-35-37-45(38-36-43)64-53-27-11-7-23-49(53)61(50-24-8-12-28-54(50)64)51-25-9-15-31-57(51)66(58-32-16-10-26-52(58)61)59-33-17-13-29-55(59)65(44-21-5-2-6-22-44)56-30-14-18-34-60(56)66/h1-38,40-41H. The molecule has 0 atom stereocenters. The molecule has 0 N–H and O–H groups in total. The van der Waals surface area contributed by atoms with Gasteiger partial charge in [-0.3, -0.25) is 4.98 Å². The van der Waals surface area contributed by atoms with Crippen LogP contribution in [-0.4, -0.2) is 13.1 Å². The fourth-order valence-corrected chi connectivity index (χ4v) is 17.4. The van der Waals surface area contributed by atoms with E-state index in [4.69, 9.17) is 0 Å². The van der Waals surface area contributed by atoms with Crippen molar-refractivity contribution in [2.75, 3.05) is 9.80 Å². The Morgan fingerprint density at radius 3 is 1.26 bits per heavy atom. The Bertz CT molecular complexity index is 3430. The third kappa shape index (κ3) is 5.10. The van der Waals surface area contributed by atoms with Crippen LogP contribution >= 0.6 is 0 Å². The van der Waals surface area contributed by atoms with Crippen molar-refractivity contribution in [2.24, 2.45) is 0 Å². The van der Waals surface area contributed by atoms with Gasteiger partial charge in [-0.25, -0.2) is 0 Å². The van der Waals surface area contributed by atoms with Gasteiger partial charge in [0.25, 0.3) is 0 Å². The van der Waals surface area contributed by atoms with E-state index in [9.17, 15) is 5.26 Å². The number of nitrogens with zero attached hydrogens (tertiary/aromatic N) is 4. The molecule has 1 aromatic heterocycles. The molecule has 0 bridgehead atoms. The number of fused-ring (bicyclic) bond motifs is 14. The second-order valence-electron chi connectivity index (χ2n) is 17.3. The Kier molecular flexibility index (Phi) is 8.48. The minimum atomic E-state index is -3.02. The number of hydrogen-bond acceptors (Lipinski definition) is 4. The summed E-state index contributed by atoms with van der Waals surface area (Å²) in [4.78, 5) is 9.52. The molecule has 3 aliphatic heterocycles. The van der Waals surface area contributed by atoms with Crippen molar-refractivity contribution < 1.29 is 0 Å². The van der Waals surface area contributed by atoms with Crippen molar-refractivity contribution >= 4 is 62.9 Å². The first-order chi connectivity index (χ1) is 32.7. The number of aromatic nitrogens is 1. The van der Waals surface area contributed by atoms with Crippen LogP contribution < -0.4 is 30.5 Å². The number of rotatable bonds is 4. The highest BCUT2D eigenvalue weighted by atomic mass is 28.3. The number of nitriles is 1. The van der Waals surface area contributed by atoms with Gasteiger partial charge in [0.1, 0.15) is 6.07 Å². The minimum absolute atomic E-state index is 0.617. The van der Waals surface area contributed by atoms with E-state index >= 15 is 0 Å². The first kappa shape index (κ1) is 37.9. The van der Waals surface area contributed by atoms with Crippen molar-refractivity contribution in [3.63, 3.8) is 0 Å². The van der Waals surface area contributed by atoms with Crippen LogP contribution in [0.2, 0.25) is 0 Å². The van der Waals surface area contributed by atoms with Crippen molar-refractivity contribution in [1.82, 2.24) is 4.98 Å². The van der Waals surface area contributed by atoms with Gasteiger partial charge in [-0.2, -0.15) is 5.26 Å². The molecule has 4 heterocycles. The van der Waals surface area contributed by atoms with Crippen LogP contribution in [0, 0.1) is 11.3 Å². The van der Waals surface area contributed by atoms with Crippen molar-refractivity contribution in [2.45, 2.75) is 5.41 Å². The zero-order valence-corrected chi connectivity index (χ0v) is 36.9. The second-order valence-corrected chi connectivity index (χ2v) is 21.0. The Balaban J connectivity index is 1.04. The zero-order valence-electron chi connectivity index (χ0n) is 35.9. The predicted octanol–water partition coefficient (Wildman–Crippen LogP) is 11.9. The van der Waals surface area contributed by atoms with Crippen LogP contribution in [0.5, 0.6) is 0 Å². The lowest BCUT2D eigenvalue weighted by Crippen LogP contribution is -2.81. The molecule has 9 aromatic carbocycles. The summed E-state index contributed by atoms with van der Waals surface area (Å²) >= 11 is 0. The quantitative estimate of drug-likeness (QED) is 0.165.